The molecule has 0 atom stereocenters. The van der Waals surface area contributed by atoms with E-state index in [0.29, 0.717) is 5.82 Å². The molecule has 1 aromatic heterocycles. The number of carbonyl (C=O) groups excluding carboxylic acids is 1. The standard InChI is InChI=1S/C8H12N4O3S/c1-5-10-4-6(7(9)13)8(11-5)12(2)16(3,14)15/h4H,1-3H3,(H2,9,13). The number of nitrogens with two attached hydrogens (primary N) is 1. The SMILES string of the molecule is Cc1ncc(C(N)=O)c(N(C)S(C)(=O)=O)n1. The van der Waals surface area contributed by atoms with Crippen LogP contribution in [-0.2, 0) is 10.0 Å². The van der Waals surface area contributed by atoms with Gasteiger partial charge >= 0.3 is 0 Å². The maximum absolute atomic E-state index is 11.3. The number of sulfonamides is 1. The van der Waals surface area contributed by atoms with Crippen molar-refractivity contribution in [2.24, 2.45) is 5.73 Å². The van der Waals surface area contributed by atoms with E-state index in [-0.39, 0.29) is 11.4 Å². The Morgan fingerprint density at radius 3 is 2.50 bits per heavy atom. The third kappa shape index (κ3) is 2.45. The lowest BCUT2D eigenvalue weighted by Crippen LogP contribution is -2.29. The van der Waals surface area contributed by atoms with Crippen LogP contribution in [0.25, 0.3) is 0 Å². The predicted molar refractivity (Wildman–Crippen MR) is 58.5 cm³/mol. The molecule has 1 amide bonds. The summed E-state index contributed by atoms with van der Waals surface area (Å²) >= 11 is 0. The van der Waals surface area contributed by atoms with Crippen molar-refractivity contribution < 1.29 is 13.2 Å². The number of nitrogens with zero attached hydrogens (tertiary/aromatic N) is 3. The van der Waals surface area contributed by atoms with Gasteiger partial charge in [-0.25, -0.2) is 18.4 Å². The van der Waals surface area contributed by atoms with Gasteiger partial charge in [0, 0.05) is 13.2 Å². The summed E-state index contributed by atoms with van der Waals surface area (Å²) in [6, 6.07) is 0. The minimum atomic E-state index is -3.49. The highest BCUT2D eigenvalue weighted by Crippen LogP contribution is 2.17. The van der Waals surface area contributed by atoms with E-state index < -0.39 is 15.9 Å². The van der Waals surface area contributed by atoms with E-state index in [2.05, 4.69) is 9.97 Å². The first kappa shape index (κ1) is 12.4. The zero-order valence-electron chi connectivity index (χ0n) is 9.13. The van der Waals surface area contributed by atoms with Gasteiger partial charge in [0.25, 0.3) is 5.91 Å². The molecule has 1 aromatic rings. The second-order valence-corrected chi connectivity index (χ2v) is 5.26. The molecule has 0 saturated heterocycles. The van der Waals surface area contributed by atoms with Crippen LogP contribution in [0.1, 0.15) is 16.2 Å². The number of rotatable bonds is 3. The molecule has 0 unspecified atom stereocenters. The zero-order chi connectivity index (χ0) is 12.5. The molecule has 0 saturated carbocycles. The number of aryl methyl sites for hydroxylation is 1. The molecular formula is C8H12N4O3S. The van der Waals surface area contributed by atoms with E-state index in [1.165, 1.54) is 13.2 Å². The number of amides is 1. The first-order chi connectivity index (χ1) is 7.23. The summed E-state index contributed by atoms with van der Waals surface area (Å²) < 4.78 is 23.6. The van der Waals surface area contributed by atoms with E-state index in [0.717, 1.165) is 10.6 Å². The van der Waals surface area contributed by atoms with Crippen LogP contribution in [0, 0.1) is 6.92 Å². The van der Waals surface area contributed by atoms with E-state index in [1.807, 2.05) is 0 Å². The maximum Gasteiger partial charge on any atom is 0.254 e. The quantitative estimate of drug-likeness (QED) is 0.755. The zero-order valence-corrected chi connectivity index (χ0v) is 9.95. The molecular weight excluding hydrogens is 232 g/mol. The lowest BCUT2D eigenvalue weighted by Gasteiger charge is -2.17. The Labute approximate surface area is 93.4 Å². The highest BCUT2D eigenvalue weighted by Gasteiger charge is 2.20. The first-order valence-electron chi connectivity index (χ1n) is 4.31. The van der Waals surface area contributed by atoms with Gasteiger partial charge in [0.2, 0.25) is 10.0 Å². The van der Waals surface area contributed by atoms with Crippen molar-refractivity contribution >= 4 is 21.7 Å². The van der Waals surface area contributed by atoms with Crippen molar-refractivity contribution in [3.63, 3.8) is 0 Å². The van der Waals surface area contributed by atoms with Gasteiger partial charge in [-0.1, -0.05) is 0 Å². The molecule has 0 aliphatic rings. The van der Waals surface area contributed by atoms with Crippen LogP contribution < -0.4 is 10.0 Å². The number of carbonyl (C=O) groups is 1. The van der Waals surface area contributed by atoms with Gasteiger partial charge in [-0.15, -0.1) is 0 Å². The molecule has 88 valence electrons. The van der Waals surface area contributed by atoms with Gasteiger partial charge in [-0.05, 0) is 6.92 Å². The highest BCUT2D eigenvalue weighted by molar-refractivity contribution is 7.92. The van der Waals surface area contributed by atoms with E-state index >= 15 is 0 Å². The van der Waals surface area contributed by atoms with E-state index in [1.54, 1.807) is 6.92 Å². The van der Waals surface area contributed by atoms with Gasteiger partial charge in [0.15, 0.2) is 5.82 Å². The maximum atomic E-state index is 11.3. The summed E-state index contributed by atoms with van der Waals surface area (Å²) in [6.07, 6.45) is 2.22. The molecule has 1 rings (SSSR count). The Balaban J connectivity index is 3.42. The van der Waals surface area contributed by atoms with Crippen LogP contribution in [0.3, 0.4) is 0 Å². The Kier molecular flexibility index (Phi) is 3.13. The molecule has 16 heavy (non-hydrogen) atoms. The number of primary amides is 1. The Hall–Kier alpha value is -1.70. The van der Waals surface area contributed by atoms with Crippen LogP contribution in [0.15, 0.2) is 6.20 Å². The third-order valence-electron chi connectivity index (χ3n) is 1.95. The summed E-state index contributed by atoms with van der Waals surface area (Å²) in [5.41, 5.74) is 5.08. The van der Waals surface area contributed by atoms with Crippen molar-refractivity contribution in [2.45, 2.75) is 6.92 Å². The van der Waals surface area contributed by atoms with Gasteiger partial charge in [0.1, 0.15) is 11.4 Å². The summed E-state index contributed by atoms with van der Waals surface area (Å²) in [6.45, 7) is 1.59. The van der Waals surface area contributed by atoms with Gasteiger partial charge < -0.3 is 5.73 Å². The van der Waals surface area contributed by atoms with Crippen LogP contribution in [-0.4, -0.2) is 37.6 Å². The highest BCUT2D eigenvalue weighted by atomic mass is 32.2. The van der Waals surface area contributed by atoms with Crippen molar-refractivity contribution in [2.75, 3.05) is 17.6 Å². The molecule has 0 aliphatic heterocycles. The van der Waals surface area contributed by atoms with Crippen molar-refractivity contribution in [1.29, 1.82) is 0 Å². The van der Waals surface area contributed by atoms with Crippen molar-refractivity contribution in [3.8, 4) is 0 Å². The Bertz CT molecular complexity index is 526. The minimum Gasteiger partial charge on any atom is -0.365 e. The Morgan fingerprint density at radius 1 is 1.50 bits per heavy atom. The lowest BCUT2D eigenvalue weighted by atomic mass is 10.3. The molecule has 1 heterocycles. The molecule has 0 aliphatic carbocycles. The fourth-order valence-corrected chi connectivity index (χ4v) is 1.48. The minimum absolute atomic E-state index is 0.0116. The largest absolute Gasteiger partial charge is 0.365 e. The molecule has 8 heteroatoms. The summed E-state index contributed by atoms with van der Waals surface area (Å²) in [7, 11) is -2.20. The fraction of sp³-hybridized carbons (Fsp3) is 0.375. The summed E-state index contributed by atoms with van der Waals surface area (Å²) in [4.78, 5) is 18.8. The lowest BCUT2D eigenvalue weighted by molar-refractivity contribution is 0.100. The van der Waals surface area contributed by atoms with Crippen molar-refractivity contribution in [3.05, 3.63) is 17.6 Å². The van der Waals surface area contributed by atoms with Gasteiger partial charge in [-0.2, -0.15) is 0 Å². The molecule has 0 spiro atoms. The summed E-state index contributed by atoms with van der Waals surface area (Å²) in [5.74, 6) is -0.427. The smallest absolute Gasteiger partial charge is 0.254 e. The average molecular weight is 244 g/mol. The van der Waals surface area contributed by atoms with E-state index in [4.69, 9.17) is 5.73 Å². The number of hydrogen-bond acceptors (Lipinski definition) is 5. The van der Waals surface area contributed by atoms with E-state index in [9.17, 15) is 13.2 Å². The topological polar surface area (TPSA) is 106 Å². The van der Waals surface area contributed by atoms with Crippen LogP contribution in [0.4, 0.5) is 5.82 Å². The van der Waals surface area contributed by atoms with Gasteiger partial charge in [-0.3, -0.25) is 9.10 Å². The number of aromatic nitrogens is 2. The Morgan fingerprint density at radius 2 is 2.06 bits per heavy atom. The molecule has 0 bridgehead atoms. The molecule has 7 nitrogen and oxygen atoms in total. The van der Waals surface area contributed by atoms with Crippen LogP contribution in [0.5, 0.6) is 0 Å². The first-order valence-corrected chi connectivity index (χ1v) is 6.15. The normalized spacial score (nSPS) is 11.2. The summed E-state index contributed by atoms with van der Waals surface area (Å²) in [5, 5.41) is 0. The van der Waals surface area contributed by atoms with Crippen molar-refractivity contribution in [1.82, 2.24) is 9.97 Å². The van der Waals surface area contributed by atoms with Gasteiger partial charge in [0.05, 0.1) is 6.26 Å². The number of anilines is 1. The molecule has 2 N–H and O–H groups in total. The molecule has 0 radical (unpaired) electrons. The second-order valence-electron chi connectivity index (χ2n) is 3.25. The molecule has 0 fully saturated rings. The van der Waals surface area contributed by atoms with Crippen LogP contribution in [0.2, 0.25) is 0 Å². The molecule has 0 aromatic carbocycles. The second kappa shape index (κ2) is 4.05. The number of hydrogen-bond donors (Lipinski definition) is 1. The fourth-order valence-electron chi connectivity index (χ4n) is 1.03. The third-order valence-corrected chi connectivity index (χ3v) is 3.12. The monoisotopic (exact) mass is 244 g/mol. The average Bonchev–Trinajstić information content (AvgIpc) is 2.14. The predicted octanol–water partition coefficient (Wildman–Crippen LogP) is -0.720. The van der Waals surface area contributed by atoms with Crippen LogP contribution >= 0.6 is 0 Å².